The largest absolute Gasteiger partial charge is 0.491 e. The molecule has 1 aliphatic rings. The second kappa shape index (κ2) is 14.8. The average Bonchev–Trinajstić information content (AvgIpc) is 2.71. The standard InChI is InChI=1S/C21H35FN4O2.HI/c1-3-5-12-26-13-10-18(11-14-26)25-21(23-4-2)24-15-19(27)16-28-20-8-6-17(22)7-9-20;/h6-9,18-19,27H,3-5,10-16H2,1-2H3,(H2,23,24,25);1H. The predicted molar refractivity (Wildman–Crippen MR) is 127 cm³/mol. The number of hydrogen-bond donors (Lipinski definition) is 3. The van der Waals surface area contributed by atoms with Crippen LogP contribution >= 0.6 is 24.0 Å². The lowest BCUT2D eigenvalue weighted by atomic mass is 10.0. The van der Waals surface area contributed by atoms with Crippen LogP contribution in [-0.4, -0.2) is 67.4 Å². The van der Waals surface area contributed by atoms with Crippen LogP contribution in [0.3, 0.4) is 0 Å². The highest BCUT2D eigenvalue weighted by atomic mass is 127. The van der Waals surface area contributed by atoms with Gasteiger partial charge in [-0.2, -0.15) is 0 Å². The van der Waals surface area contributed by atoms with Gasteiger partial charge < -0.3 is 25.4 Å². The summed E-state index contributed by atoms with van der Waals surface area (Å²) in [6, 6.07) is 6.16. The van der Waals surface area contributed by atoms with Crippen molar-refractivity contribution in [1.82, 2.24) is 15.5 Å². The number of rotatable bonds is 10. The molecular weight excluding hydrogens is 486 g/mol. The summed E-state index contributed by atoms with van der Waals surface area (Å²) in [5.74, 6) is 0.953. The summed E-state index contributed by atoms with van der Waals surface area (Å²) < 4.78 is 18.4. The number of aliphatic imine (C=N–C) groups is 1. The molecule has 6 nitrogen and oxygen atoms in total. The molecule has 29 heavy (non-hydrogen) atoms. The first-order chi connectivity index (χ1) is 13.6. The van der Waals surface area contributed by atoms with E-state index in [1.807, 2.05) is 6.92 Å². The fraction of sp³-hybridized carbons (Fsp3) is 0.667. The van der Waals surface area contributed by atoms with Gasteiger partial charge in [-0.25, -0.2) is 4.39 Å². The van der Waals surface area contributed by atoms with Crippen LogP contribution in [0.4, 0.5) is 4.39 Å². The maximum atomic E-state index is 12.9. The fourth-order valence-corrected chi connectivity index (χ4v) is 3.17. The zero-order chi connectivity index (χ0) is 20.2. The van der Waals surface area contributed by atoms with Gasteiger partial charge in [-0.05, 0) is 57.0 Å². The minimum atomic E-state index is -0.726. The summed E-state index contributed by atoms with van der Waals surface area (Å²) in [6.45, 7) is 8.80. The van der Waals surface area contributed by atoms with Gasteiger partial charge in [0.2, 0.25) is 0 Å². The Balaban J connectivity index is 0.00000420. The van der Waals surface area contributed by atoms with Crippen molar-refractivity contribution in [2.45, 2.75) is 51.7 Å². The molecule has 0 spiro atoms. The lowest BCUT2D eigenvalue weighted by molar-refractivity contribution is 0.114. The molecular formula is C21H36FIN4O2. The Labute approximate surface area is 191 Å². The number of benzene rings is 1. The van der Waals surface area contributed by atoms with E-state index in [0.29, 0.717) is 11.8 Å². The molecule has 1 aromatic rings. The molecule has 0 saturated carbocycles. The van der Waals surface area contributed by atoms with Crippen LogP contribution in [-0.2, 0) is 0 Å². The molecule has 0 amide bonds. The molecule has 1 atom stereocenters. The quantitative estimate of drug-likeness (QED) is 0.251. The van der Waals surface area contributed by atoms with Gasteiger partial charge in [0.05, 0.1) is 6.54 Å². The lowest BCUT2D eigenvalue weighted by Crippen LogP contribution is -2.49. The van der Waals surface area contributed by atoms with Crippen molar-refractivity contribution in [2.24, 2.45) is 4.99 Å². The van der Waals surface area contributed by atoms with Crippen molar-refractivity contribution in [3.8, 4) is 5.75 Å². The van der Waals surface area contributed by atoms with Crippen molar-refractivity contribution in [3.63, 3.8) is 0 Å². The molecule has 0 bridgehead atoms. The second-order valence-electron chi connectivity index (χ2n) is 7.25. The van der Waals surface area contributed by atoms with Crippen molar-refractivity contribution in [1.29, 1.82) is 0 Å². The monoisotopic (exact) mass is 522 g/mol. The Morgan fingerprint density at radius 2 is 1.97 bits per heavy atom. The Morgan fingerprint density at radius 3 is 2.59 bits per heavy atom. The normalized spacial score (nSPS) is 16.8. The number of guanidine groups is 1. The summed E-state index contributed by atoms with van der Waals surface area (Å²) in [6.07, 6.45) is 3.98. The first kappa shape index (κ1) is 25.9. The molecule has 2 rings (SSSR count). The van der Waals surface area contributed by atoms with Crippen LogP contribution in [0.5, 0.6) is 5.75 Å². The van der Waals surface area contributed by atoms with Crippen LogP contribution in [0, 0.1) is 5.82 Å². The van der Waals surface area contributed by atoms with E-state index in [9.17, 15) is 9.50 Å². The first-order valence-corrected chi connectivity index (χ1v) is 10.4. The summed E-state index contributed by atoms with van der Waals surface area (Å²) in [4.78, 5) is 7.02. The van der Waals surface area contributed by atoms with Gasteiger partial charge in [0.25, 0.3) is 0 Å². The number of halogens is 2. The molecule has 1 aliphatic heterocycles. The van der Waals surface area contributed by atoms with Gasteiger partial charge >= 0.3 is 0 Å². The van der Waals surface area contributed by atoms with E-state index in [-0.39, 0.29) is 42.9 Å². The summed E-state index contributed by atoms with van der Waals surface area (Å²) >= 11 is 0. The third-order valence-corrected chi connectivity index (χ3v) is 4.82. The van der Waals surface area contributed by atoms with Crippen LogP contribution in [0.2, 0.25) is 0 Å². The van der Waals surface area contributed by atoms with E-state index in [1.54, 1.807) is 12.1 Å². The summed E-state index contributed by atoms with van der Waals surface area (Å²) in [7, 11) is 0. The van der Waals surface area contributed by atoms with E-state index in [0.717, 1.165) is 38.4 Å². The maximum absolute atomic E-state index is 12.9. The van der Waals surface area contributed by atoms with E-state index in [1.165, 1.54) is 31.5 Å². The number of aliphatic hydroxyl groups excluding tert-OH is 1. The van der Waals surface area contributed by atoms with Gasteiger partial charge in [-0.15, -0.1) is 24.0 Å². The average molecular weight is 522 g/mol. The van der Waals surface area contributed by atoms with Crippen LogP contribution in [0.25, 0.3) is 0 Å². The number of likely N-dealkylation sites (tertiary alicyclic amines) is 1. The molecule has 0 aromatic heterocycles. The van der Waals surface area contributed by atoms with E-state index < -0.39 is 6.10 Å². The van der Waals surface area contributed by atoms with Crippen molar-refractivity contribution in [2.75, 3.05) is 39.3 Å². The summed E-state index contributed by atoms with van der Waals surface area (Å²) in [5, 5.41) is 16.9. The molecule has 1 aromatic carbocycles. The highest BCUT2D eigenvalue weighted by Crippen LogP contribution is 2.12. The minimum Gasteiger partial charge on any atom is -0.491 e. The number of ether oxygens (including phenoxy) is 1. The van der Waals surface area contributed by atoms with Crippen LogP contribution in [0.15, 0.2) is 29.3 Å². The molecule has 1 heterocycles. The maximum Gasteiger partial charge on any atom is 0.191 e. The van der Waals surface area contributed by atoms with Gasteiger partial charge in [0.1, 0.15) is 24.3 Å². The third-order valence-electron chi connectivity index (χ3n) is 4.82. The van der Waals surface area contributed by atoms with Crippen molar-refractivity contribution >= 4 is 29.9 Å². The van der Waals surface area contributed by atoms with Crippen molar-refractivity contribution < 1.29 is 14.2 Å². The van der Waals surface area contributed by atoms with Gasteiger partial charge in [0, 0.05) is 25.7 Å². The van der Waals surface area contributed by atoms with Gasteiger partial charge in [-0.1, -0.05) is 13.3 Å². The molecule has 166 valence electrons. The fourth-order valence-electron chi connectivity index (χ4n) is 3.17. The molecule has 1 fully saturated rings. The smallest absolute Gasteiger partial charge is 0.191 e. The highest BCUT2D eigenvalue weighted by Gasteiger charge is 2.19. The lowest BCUT2D eigenvalue weighted by Gasteiger charge is -2.33. The Hall–Kier alpha value is -1.13. The zero-order valence-corrected chi connectivity index (χ0v) is 19.9. The Morgan fingerprint density at radius 1 is 1.28 bits per heavy atom. The number of hydrogen-bond acceptors (Lipinski definition) is 4. The topological polar surface area (TPSA) is 69.1 Å². The number of aliphatic hydroxyl groups is 1. The van der Waals surface area contributed by atoms with Crippen molar-refractivity contribution in [3.05, 3.63) is 30.1 Å². The van der Waals surface area contributed by atoms with E-state index in [2.05, 4.69) is 27.4 Å². The third kappa shape index (κ3) is 10.5. The molecule has 0 aliphatic carbocycles. The Bertz CT molecular complexity index is 581. The summed E-state index contributed by atoms with van der Waals surface area (Å²) in [5.41, 5.74) is 0. The van der Waals surface area contributed by atoms with Crippen LogP contribution in [0.1, 0.15) is 39.5 Å². The second-order valence-corrected chi connectivity index (χ2v) is 7.25. The van der Waals surface area contributed by atoms with Gasteiger partial charge in [-0.3, -0.25) is 4.99 Å². The minimum absolute atomic E-state index is 0. The number of nitrogens with zero attached hydrogens (tertiary/aromatic N) is 2. The number of unbranched alkanes of at least 4 members (excludes halogenated alkanes) is 1. The highest BCUT2D eigenvalue weighted by molar-refractivity contribution is 14.0. The number of nitrogens with one attached hydrogen (secondary N) is 2. The molecule has 1 unspecified atom stereocenters. The molecule has 1 saturated heterocycles. The molecule has 3 N–H and O–H groups in total. The van der Waals surface area contributed by atoms with E-state index >= 15 is 0 Å². The van der Waals surface area contributed by atoms with Gasteiger partial charge in [0.15, 0.2) is 5.96 Å². The predicted octanol–water partition coefficient (Wildman–Crippen LogP) is 3.00. The molecule has 0 radical (unpaired) electrons. The van der Waals surface area contributed by atoms with E-state index in [4.69, 9.17) is 4.74 Å². The SMILES string of the molecule is CCCCN1CCC(NC(=NCC(O)COc2ccc(F)cc2)NCC)CC1.I. The van der Waals surface area contributed by atoms with Crippen LogP contribution < -0.4 is 15.4 Å². The number of piperidine rings is 1. The first-order valence-electron chi connectivity index (χ1n) is 10.4. The Kier molecular flexibility index (Phi) is 13.2. The molecule has 8 heteroatoms. The zero-order valence-electron chi connectivity index (χ0n) is 17.6.